The first-order chi connectivity index (χ1) is 6.09. The van der Waals surface area contributed by atoms with Gasteiger partial charge in [0.25, 0.3) is 0 Å². The molecule has 1 rings (SSSR count). The minimum absolute atomic E-state index is 0.495. The second kappa shape index (κ2) is 4.82. The molecule has 1 aromatic rings. The van der Waals surface area contributed by atoms with Crippen LogP contribution in [0, 0.1) is 5.92 Å². The van der Waals surface area contributed by atoms with E-state index < -0.39 is 0 Å². The zero-order chi connectivity index (χ0) is 9.84. The van der Waals surface area contributed by atoms with Crippen LogP contribution >= 0.6 is 27.5 Å². The molecule has 1 heterocycles. The largest absolute Gasteiger partial charge is 0.384 e. The second-order valence-corrected chi connectivity index (χ2v) is 4.48. The maximum atomic E-state index is 5.76. The van der Waals surface area contributed by atoms with Gasteiger partial charge in [-0.05, 0) is 27.9 Å². The van der Waals surface area contributed by atoms with E-state index in [1.54, 1.807) is 6.20 Å². The van der Waals surface area contributed by atoms with E-state index in [4.69, 9.17) is 11.6 Å². The number of nitrogens with zero attached hydrogens (tertiary/aromatic N) is 1. The number of nitrogens with one attached hydrogen (secondary N) is 1. The number of aromatic nitrogens is 1. The molecule has 0 saturated carbocycles. The molecule has 0 radical (unpaired) electrons. The molecule has 0 unspecified atom stereocenters. The Kier molecular flexibility index (Phi) is 4.00. The molecule has 0 saturated heterocycles. The van der Waals surface area contributed by atoms with Gasteiger partial charge in [-0.15, -0.1) is 0 Å². The normalized spacial score (nSPS) is 10.5. The highest BCUT2D eigenvalue weighted by molar-refractivity contribution is 9.10. The summed E-state index contributed by atoms with van der Waals surface area (Å²) >= 11 is 9.08. The molecule has 0 aromatic carbocycles. The SMILES string of the molecule is CC(C)CNc1cnc(Cl)c(Br)c1. The summed E-state index contributed by atoms with van der Waals surface area (Å²) < 4.78 is 0.822. The highest BCUT2D eigenvalue weighted by Crippen LogP contribution is 2.22. The number of anilines is 1. The Balaban J connectivity index is 2.63. The average Bonchev–Trinajstić information content (AvgIpc) is 2.07. The summed E-state index contributed by atoms with van der Waals surface area (Å²) in [5, 5.41) is 3.76. The van der Waals surface area contributed by atoms with Gasteiger partial charge in [-0.3, -0.25) is 0 Å². The Bertz CT molecular complexity index is 289. The molecule has 0 fully saturated rings. The predicted molar refractivity (Wildman–Crippen MR) is 60.3 cm³/mol. The summed E-state index contributed by atoms with van der Waals surface area (Å²) in [6.07, 6.45) is 1.73. The van der Waals surface area contributed by atoms with Gasteiger partial charge in [0.1, 0.15) is 5.15 Å². The molecule has 1 N–H and O–H groups in total. The fourth-order valence-electron chi connectivity index (χ4n) is 0.840. The highest BCUT2D eigenvalue weighted by Gasteiger charge is 2.00. The smallest absolute Gasteiger partial charge is 0.143 e. The van der Waals surface area contributed by atoms with E-state index in [-0.39, 0.29) is 0 Å². The fraction of sp³-hybridized carbons (Fsp3) is 0.444. The van der Waals surface area contributed by atoms with Crippen LogP contribution in [0.4, 0.5) is 5.69 Å². The zero-order valence-electron chi connectivity index (χ0n) is 7.64. The third-order valence-corrected chi connectivity index (χ3v) is 2.64. The number of hydrogen-bond acceptors (Lipinski definition) is 2. The van der Waals surface area contributed by atoms with E-state index in [9.17, 15) is 0 Å². The summed E-state index contributed by atoms with van der Waals surface area (Å²) in [4.78, 5) is 4.01. The molecule has 72 valence electrons. The van der Waals surface area contributed by atoms with Gasteiger partial charge in [-0.2, -0.15) is 0 Å². The average molecular weight is 264 g/mol. The summed E-state index contributed by atoms with van der Waals surface area (Å²) in [5.74, 6) is 0.620. The molecule has 0 aliphatic carbocycles. The van der Waals surface area contributed by atoms with Crippen LogP contribution < -0.4 is 5.32 Å². The molecule has 0 atom stereocenters. The lowest BCUT2D eigenvalue weighted by molar-refractivity contribution is 0.688. The molecule has 0 bridgehead atoms. The van der Waals surface area contributed by atoms with E-state index in [1.165, 1.54) is 0 Å². The van der Waals surface area contributed by atoms with Crippen molar-refractivity contribution in [2.45, 2.75) is 13.8 Å². The van der Waals surface area contributed by atoms with Crippen molar-refractivity contribution in [2.24, 2.45) is 5.92 Å². The van der Waals surface area contributed by atoms with Crippen LogP contribution in [0.25, 0.3) is 0 Å². The van der Waals surface area contributed by atoms with Gasteiger partial charge in [0.2, 0.25) is 0 Å². The van der Waals surface area contributed by atoms with Gasteiger partial charge in [0.15, 0.2) is 0 Å². The van der Waals surface area contributed by atoms with Crippen LogP contribution in [0.5, 0.6) is 0 Å². The molecule has 0 aliphatic rings. The first-order valence-electron chi connectivity index (χ1n) is 4.14. The van der Waals surface area contributed by atoms with Crippen LogP contribution in [0.1, 0.15) is 13.8 Å². The van der Waals surface area contributed by atoms with Crippen molar-refractivity contribution in [2.75, 3.05) is 11.9 Å². The lowest BCUT2D eigenvalue weighted by atomic mass is 10.2. The predicted octanol–water partition coefficient (Wildman–Crippen LogP) is 3.57. The van der Waals surface area contributed by atoms with Gasteiger partial charge in [-0.1, -0.05) is 25.4 Å². The van der Waals surface area contributed by atoms with E-state index in [0.717, 1.165) is 16.7 Å². The summed E-state index contributed by atoms with van der Waals surface area (Å²) in [6, 6.07) is 1.93. The summed E-state index contributed by atoms with van der Waals surface area (Å²) in [7, 11) is 0. The van der Waals surface area contributed by atoms with Crippen molar-refractivity contribution in [3.05, 3.63) is 21.9 Å². The van der Waals surface area contributed by atoms with E-state index in [2.05, 4.69) is 40.1 Å². The fourth-order valence-corrected chi connectivity index (χ4v) is 1.29. The zero-order valence-corrected chi connectivity index (χ0v) is 9.98. The molecule has 4 heteroatoms. The number of pyridine rings is 1. The van der Waals surface area contributed by atoms with Crippen molar-refractivity contribution in [3.8, 4) is 0 Å². The Morgan fingerprint density at radius 1 is 1.62 bits per heavy atom. The molecule has 0 amide bonds. The van der Waals surface area contributed by atoms with Crippen molar-refractivity contribution < 1.29 is 0 Å². The van der Waals surface area contributed by atoms with Crippen LogP contribution in [-0.2, 0) is 0 Å². The third-order valence-electron chi connectivity index (χ3n) is 1.51. The van der Waals surface area contributed by atoms with Crippen LogP contribution in [0.15, 0.2) is 16.7 Å². The van der Waals surface area contributed by atoms with Crippen molar-refractivity contribution in [1.29, 1.82) is 0 Å². The lowest BCUT2D eigenvalue weighted by Crippen LogP contribution is -2.07. The van der Waals surface area contributed by atoms with Gasteiger partial charge < -0.3 is 5.32 Å². The summed E-state index contributed by atoms with van der Waals surface area (Å²) in [6.45, 7) is 5.26. The van der Waals surface area contributed by atoms with Gasteiger partial charge in [0, 0.05) is 6.54 Å². The van der Waals surface area contributed by atoms with E-state index in [1.807, 2.05) is 6.07 Å². The topological polar surface area (TPSA) is 24.9 Å². The number of hydrogen-bond donors (Lipinski definition) is 1. The minimum Gasteiger partial charge on any atom is -0.384 e. The number of halogens is 2. The monoisotopic (exact) mass is 262 g/mol. The van der Waals surface area contributed by atoms with Crippen molar-refractivity contribution in [1.82, 2.24) is 4.98 Å². The Hall–Kier alpha value is -0.280. The lowest BCUT2D eigenvalue weighted by Gasteiger charge is -2.08. The van der Waals surface area contributed by atoms with Gasteiger partial charge in [-0.25, -0.2) is 4.98 Å². The van der Waals surface area contributed by atoms with Crippen LogP contribution in [0.3, 0.4) is 0 Å². The van der Waals surface area contributed by atoms with Gasteiger partial charge >= 0.3 is 0 Å². The van der Waals surface area contributed by atoms with Crippen molar-refractivity contribution >= 4 is 33.2 Å². The Morgan fingerprint density at radius 3 is 2.85 bits per heavy atom. The highest BCUT2D eigenvalue weighted by atomic mass is 79.9. The molecular formula is C9H12BrClN2. The van der Waals surface area contributed by atoms with Crippen LogP contribution in [0.2, 0.25) is 5.15 Å². The second-order valence-electron chi connectivity index (χ2n) is 3.27. The van der Waals surface area contributed by atoms with Crippen LogP contribution in [-0.4, -0.2) is 11.5 Å². The number of rotatable bonds is 3. The molecule has 2 nitrogen and oxygen atoms in total. The Labute approximate surface area is 91.8 Å². The maximum Gasteiger partial charge on any atom is 0.143 e. The first-order valence-corrected chi connectivity index (χ1v) is 5.31. The minimum atomic E-state index is 0.495. The Morgan fingerprint density at radius 2 is 2.31 bits per heavy atom. The standard InChI is InChI=1S/C9H12BrClN2/c1-6(2)4-12-7-3-8(10)9(11)13-5-7/h3,5-6,12H,4H2,1-2H3. The van der Waals surface area contributed by atoms with Crippen molar-refractivity contribution in [3.63, 3.8) is 0 Å². The van der Waals surface area contributed by atoms with Gasteiger partial charge in [0.05, 0.1) is 16.4 Å². The van der Waals surface area contributed by atoms with E-state index in [0.29, 0.717) is 11.1 Å². The molecule has 0 aliphatic heterocycles. The molecule has 1 aromatic heterocycles. The van der Waals surface area contributed by atoms with E-state index >= 15 is 0 Å². The molecular weight excluding hydrogens is 251 g/mol. The first kappa shape index (κ1) is 10.8. The summed E-state index contributed by atoms with van der Waals surface area (Å²) in [5.41, 5.74) is 0.991. The quantitative estimate of drug-likeness (QED) is 0.844. The third kappa shape index (κ3) is 3.53. The molecule has 0 spiro atoms. The maximum absolute atomic E-state index is 5.76. The molecule has 13 heavy (non-hydrogen) atoms.